The first-order valence-electron chi connectivity index (χ1n) is 13.8. The molecule has 1 fully saturated rings. The number of aromatic amines is 1. The first-order chi connectivity index (χ1) is 19.0. The third-order valence-electron chi connectivity index (χ3n) is 8.08. The molecule has 0 bridgehead atoms. The van der Waals surface area contributed by atoms with Crippen LogP contribution in [0.5, 0.6) is 0 Å². The zero-order valence-electron chi connectivity index (χ0n) is 22.2. The molecule has 2 aromatic carbocycles. The lowest BCUT2D eigenvalue weighted by Gasteiger charge is -2.32. The Morgan fingerprint density at radius 1 is 1.00 bits per heavy atom. The van der Waals surface area contributed by atoms with E-state index in [-0.39, 0.29) is 17.1 Å². The third kappa shape index (κ3) is 4.94. The van der Waals surface area contributed by atoms with Crippen molar-refractivity contribution in [2.75, 3.05) is 19.6 Å². The Balaban J connectivity index is 1.17. The number of aromatic nitrogens is 3. The van der Waals surface area contributed by atoms with Crippen molar-refractivity contribution < 1.29 is 4.39 Å². The van der Waals surface area contributed by atoms with Crippen LogP contribution < -0.4 is 11.2 Å². The maximum Gasteiger partial charge on any atom is 0.335 e. The monoisotopic (exact) mass is 524 g/mol. The molecule has 4 heterocycles. The number of nitrogens with zero attached hydrogens (tertiary/aromatic N) is 3. The summed E-state index contributed by atoms with van der Waals surface area (Å²) >= 11 is 0. The Kier molecular flexibility index (Phi) is 6.92. The standard InChI is InChI=1S/C32H33FN4O2/c1-22-9-11-23(12-10-22)30-29-8-2-3-17-36(29)32(39)37(31(30)38)18-5-4-15-35-16-6-7-24(21-35)27-20-34-28-14-13-25(33)19-26(27)28/h2-3,8-14,17,19-20,24,34H,4-7,15-16,18,21H2,1H3. The van der Waals surface area contributed by atoms with Gasteiger partial charge in [0.2, 0.25) is 0 Å². The van der Waals surface area contributed by atoms with Crippen molar-refractivity contribution in [3.63, 3.8) is 0 Å². The van der Waals surface area contributed by atoms with E-state index in [2.05, 4.69) is 9.88 Å². The second-order valence-corrected chi connectivity index (χ2v) is 10.7. The highest BCUT2D eigenvalue weighted by atomic mass is 19.1. The van der Waals surface area contributed by atoms with Crippen LogP contribution in [0.1, 0.15) is 42.7 Å². The van der Waals surface area contributed by atoms with E-state index in [9.17, 15) is 14.0 Å². The molecule has 1 atom stereocenters. The van der Waals surface area contributed by atoms with Crippen LogP contribution in [-0.2, 0) is 6.54 Å². The van der Waals surface area contributed by atoms with Gasteiger partial charge in [0.15, 0.2) is 0 Å². The molecule has 6 rings (SSSR count). The molecule has 0 amide bonds. The normalized spacial score (nSPS) is 16.3. The number of hydrogen-bond donors (Lipinski definition) is 1. The summed E-state index contributed by atoms with van der Waals surface area (Å²) in [5.74, 6) is 0.153. The minimum Gasteiger partial charge on any atom is -0.361 e. The van der Waals surface area contributed by atoms with Crippen LogP contribution in [-0.4, -0.2) is 38.5 Å². The van der Waals surface area contributed by atoms with Gasteiger partial charge in [0, 0.05) is 36.4 Å². The van der Waals surface area contributed by atoms with E-state index in [4.69, 9.17) is 0 Å². The quantitative estimate of drug-likeness (QED) is 0.277. The molecule has 39 heavy (non-hydrogen) atoms. The Morgan fingerprint density at radius 2 is 1.82 bits per heavy atom. The summed E-state index contributed by atoms with van der Waals surface area (Å²) in [7, 11) is 0. The molecule has 1 aliphatic rings. The number of rotatable bonds is 7. The molecule has 0 spiro atoms. The van der Waals surface area contributed by atoms with Crippen molar-refractivity contribution in [1.82, 2.24) is 18.9 Å². The van der Waals surface area contributed by atoms with E-state index in [1.165, 1.54) is 16.2 Å². The maximum absolute atomic E-state index is 13.9. The summed E-state index contributed by atoms with van der Waals surface area (Å²) in [6.07, 6.45) is 7.57. The smallest absolute Gasteiger partial charge is 0.335 e. The van der Waals surface area contributed by atoms with Crippen molar-refractivity contribution in [1.29, 1.82) is 0 Å². The van der Waals surface area contributed by atoms with Crippen LogP contribution in [0.2, 0.25) is 0 Å². The third-order valence-corrected chi connectivity index (χ3v) is 8.08. The lowest BCUT2D eigenvalue weighted by molar-refractivity contribution is 0.204. The van der Waals surface area contributed by atoms with Crippen LogP contribution >= 0.6 is 0 Å². The van der Waals surface area contributed by atoms with Gasteiger partial charge in [-0.2, -0.15) is 0 Å². The number of unbranched alkanes of at least 4 members (excludes halogenated alkanes) is 1. The summed E-state index contributed by atoms with van der Waals surface area (Å²) in [5, 5.41) is 0.974. The highest BCUT2D eigenvalue weighted by molar-refractivity contribution is 5.84. The number of halogens is 1. The summed E-state index contributed by atoms with van der Waals surface area (Å²) in [6.45, 7) is 5.26. The van der Waals surface area contributed by atoms with Crippen LogP contribution in [0, 0.1) is 12.7 Å². The number of nitrogens with one attached hydrogen (secondary N) is 1. The predicted molar refractivity (Wildman–Crippen MR) is 154 cm³/mol. The Bertz CT molecular complexity index is 1750. The number of H-pyrrole nitrogens is 1. The maximum atomic E-state index is 13.9. The van der Waals surface area contributed by atoms with Crippen molar-refractivity contribution in [3.05, 3.63) is 111 Å². The zero-order chi connectivity index (χ0) is 26.9. The second-order valence-electron chi connectivity index (χ2n) is 10.7. The van der Waals surface area contributed by atoms with Crippen LogP contribution in [0.25, 0.3) is 27.5 Å². The van der Waals surface area contributed by atoms with Gasteiger partial charge in [0.25, 0.3) is 5.56 Å². The lowest BCUT2D eigenvalue weighted by atomic mass is 9.90. The molecule has 0 aliphatic carbocycles. The number of piperidine rings is 1. The molecular formula is C32H33FN4O2. The summed E-state index contributed by atoms with van der Waals surface area (Å²) in [4.78, 5) is 32.6. The van der Waals surface area contributed by atoms with Crippen molar-refractivity contribution in [3.8, 4) is 11.1 Å². The van der Waals surface area contributed by atoms with Crippen LogP contribution in [0.15, 0.2) is 82.6 Å². The van der Waals surface area contributed by atoms with E-state index in [1.54, 1.807) is 22.7 Å². The predicted octanol–water partition coefficient (Wildman–Crippen LogP) is 5.72. The fourth-order valence-corrected chi connectivity index (χ4v) is 6.03. The average molecular weight is 525 g/mol. The molecule has 1 aliphatic heterocycles. The fourth-order valence-electron chi connectivity index (χ4n) is 6.03. The summed E-state index contributed by atoms with van der Waals surface area (Å²) in [6, 6.07) is 18.3. The van der Waals surface area contributed by atoms with Crippen LogP contribution in [0.3, 0.4) is 0 Å². The van der Waals surface area contributed by atoms with Gasteiger partial charge in [-0.15, -0.1) is 0 Å². The number of fused-ring (bicyclic) bond motifs is 2. The molecule has 200 valence electrons. The van der Waals surface area contributed by atoms with Gasteiger partial charge in [-0.25, -0.2) is 9.18 Å². The molecule has 7 heteroatoms. The van der Waals surface area contributed by atoms with Gasteiger partial charge in [0.1, 0.15) is 5.82 Å². The minimum atomic E-state index is -0.295. The molecule has 3 aromatic heterocycles. The fraction of sp³-hybridized carbons (Fsp3) is 0.312. The van der Waals surface area contributed by atoms with Gasteiger partial charge in [-0.1, -0.05) is 35.9 Å². The molecular weight excluding hydrogens is 491 g/mol. The highest BCUT2D eigenvalue weighted by Crippen LogP contribution is 2.32. The Labute approximate surface area is 226 Å². The first-order valence-corrected chi connectivity index (χ1v) is 13.8. The largest absolute Gasteiger partial charge is 0.361 e. The van der Waals surface area contributed by atoms with E-state index in [1.807, 2.05) is 55.6 Å². The SMILES string of the molecule is Cc1ccc(-c2c(=O)n(CCCCN3CCCC(c4c[nH]c5ccc(F)cc45)C3)c(=O)n3ccccc23)cc1. The molecule has 1 unspecified atom stereocenters. The Hall–Kier alpha value is -3.97. The van der Waals surface area contributed by atoms with Gasteiger partial charge < -0.3 is 9.88 Å². The number of hydrogen-bond acceptors (Lipinski definition) is 3. The topological polar surface area (TPSA) is 62.5 Å². The van der Waals surface area contributed by atoms with E-state index in [0.717, 1.165) is 67.3 Å². The van der Waals surface area contributed by atoms with E-state index < -0.39 is 0 Å². The minimum absolute atomic E-state index is 0.207. The average Bonchev–Trinajstić information content (AvgIpc) is 3.37. The number of aryl methyl sites for hydroxylation is 1. The first kappa shape index (κ1) is 25.3. The van der Waals surface area contributed by atoms with E-state index in [0.29, 0.717) is 23.5 Å². The molecule has 0 saturated carbocycles. The van der Waals surface area contributed by atoms with Crippen molar-refractivity contribution >= 4 is 16.4 Å². The van der Waals surface area contributed by atoms with Crippen molar-refractivity contribution in [2.24, 2.45) is 0 Å². The highest BCUT2D eigenvalue weighted by Gasteiger charge is 2.23. The number of pyridine rings is 1. The van der Waals surface area contributed by atoms with Crippen molar-refractivity contribution in [2.45, 2.75) is 45.1 Å². The molecule has 1 saturated heterocycles. The molecule has 6 nitrogen and oxygen atoms in total. The van der Waals surface area contributed by atoms with Gasteiger partial charge in [-0.3, -0.25) is 13.8 Å². The number of likely N-dealkylation sites (tertiary alicyclic amines) is 1. The summed E-state index contributed by atoms with van der Waals surface area (Å²) < 4.78 is 16.9. The zero-order valence-corrected chi connectivity index (χ0v) is 22.2. The second kappa shape index (κ2) is 10.7. The lowest BCUT2D eigenvalue weighted by Crippen LogP contribution is -2.39. The van der Waals surface area contributed by atoms with Gasteiger partial charge >= 0.3 is 5.69 Å². The summed E-state index contributed by atoms with van der Waals surface area (Å²) in [5.41, 5.74) is 4.76. The Morgan fingerprint density at radius 3 is 2.67 bits per heavy atom. The molecule has 0 radical (unpaired) electrons. The van der Waals surface area contributed by atoms with Crippen LogP contribution in [0.4, 0.5) is 4.39 Å². The molecule has 1 N–H and O–H groups in total. The van der Waals surface area contributed by atoms with Gasteiger partial charge in [0.05, 0.1) is 11.1 Å². The molecule has 5 aromatic rings. The van der Waals surface area contributed by atoms with Gasteiger partial charge in [-0.05, 0) is 93.1 Å². The number of benzene rings is 2. The van der Waals surface area contributed by atoms with E-state index >= 15 is 0 Å².